The van der Waals surface area contributed by atoms with Gasteiger partial charge in [-0.2, -0.15) is 5.11 Å². The lowest BCUT2D eigenvalue weighted by molar-refractivity contribution is 1.24. The zero-order chi connectivity index (χ0) is 15.6. The molecule has 0 radical (unpaired) electrons. The number of hydrogen-bond acceptors (Lipinski definition) is 3. The molecule has 2 N–H and O–H groups in total. The smallest absolute Gasteiger partial charge is 0.116 e. The number of benzene rings is 4. The Morgan fingerprint density at radius 2 is 1.30 bits per heavy atom. The van der Waals surface area contributed by atoms with Crippen molar-refractivity contribution in [1.29, 1.82) is 0 Å². The molecule has 0 atom stereocenters. The summed E-state index contributed by atoms with van der Waals surface area (Å²) < 4.78 is 0. The maximum atomic E-state index is 6.14. The minimum atomic E-state index is 0.632. The van der Waals surface area contributed by atoms with E-state index in [0.717, 1.165) is 22.1 Å². The highest BCUT2D eigenvalue weighted by Crippen LogP contribution is 2.35. The molecule has 0 saturated carbocycles. The first-order valence-electron chi connectivity index (χ1n) is 7.49. The fraction of sp³-hybridized carbons (Fsp3) is 0. The Hall–Kier alpha value is -3.20. The quantitative estimate of drug-likeness (QED) is 0.276. The summed E-state index contributed by atoms with van der Waals surface area (Å²) in [6.07, 6.45) is 0. The Labute approximate surface area is 134 Å². The third-order valence-corrected chi connectivity index (χ3v) is 3.91. The van der Waals surface area contributed by atoms with Crippen LogP contribution in [-0.4, -0.2) is 0 Å². The van der Waals surface area contributed by atoms with Crippen LogP contribution < -0.4 is 5.73 Å². The minimum Gasteiger partial charge on any atom is -0.397 e. The van der Waals surface area contributed by atoms with Crippen molar-refractivity contribution in [2.75, 3.05) is 5.73 Å². The summed E-state index contributed by atoms with van der Waals surface area (Å²) in [6.45, 7) is 0. The van der Waals surface area contributed by atoms with Crippen molar-refractivity contribution in [2.24, 2.45) is 10.2 Å². The Bertz CT molecular complexity index is 1020. The van der Waals surface area contributed by atoms with Crippen molar-refractivity contribution in [3.63, 3.8) is 0 Å². The van der Waals surface area contributed by atoms with Gasteiger partial charge in [-0.1, -0.05) is 48.5 Å². The summed E-state index contributed by atoms with van der Waals surface area (Å²) in [5.41, 5.74) is 8.30. The molecule has 4 aromatic carbocycles. The highest BCUT2D eigenvalue weighted by atomic mass is 15.1. The largest absolute Gasteiger partial charge is 0.397 e. The van der Waals surface area contributed by atoms with Crippen LogP contribution in [0.5, 0.6) is 0 Å². The molecule has 0 bridgehead atoms. The van der Waals surface area contributed by atoms with Crippen LogP contribution in [-0.2, 0) is 0 Å². The van der Waals surface area contributed by atoms with Crippen LogP contribution >= 0.6 is 0 Å². The molecule has 4 aromatic rings. The second-order valence-corrected chi connectivity index (χ2v) is 5.46. The van der Waals surface area contributed by atoms with E-state index in [2.05, 4.69) is 34.5 Å². The van der Waals surface area contributed by atoms with E-state index in [1.807, 2.05) is 54.6 Å². The molecule has 0 aliphatic carbocycles. The molecule has 0 heterocycles. The summed E-state index contributed by atoms with van der Waals surface area (Å²) in [5, 5.41) is 13.2. The van der Waals surface area contributed by atoms with E-state index < -0.39 is 0 Å². The summed E-state index contributed by atoms with van der Waals surface area (Å²) >= 11 is 0. The Balaban J connectivity index is 1.92. The zero-order valence-corrected chi connectivity index (χ0v) is 12.5. The molecule has 0 spiro atoms. The summed E-state index contributed by atoms with van der Waals surface area (Å²) in [7, 11) is 0. The van der Waals surface area contributed by atoms with Crippen LogP contribution in [0.25, 0.3) is 21.5 Å². The van der Waals surface area contributed by atoms with Gasteiger partial charge in [-0.05, 0) is 46.5 Å². The van der Waals surface area contributed by atoms with Gasteiger partial charge < -0.3 is 5.73 Å². The van der Waals surface area contributed by atoms with Gasteiger partial charge in [0.05, 0.1) is 11.4 Å². The Kier molecular flexibility index (Phi) is 3.24. The van der Waals surface area contributed by atoms with Gasteiger partial charge in [0.15, 0.2) is 0 Å². The zero-order valence-electron chi connectivity index (χ0n) is 12.5. The average molecular weight is 297 g/mol. The summed E-state index contributed by atoms with van der Waals surface area (Å²) in [6, 6.07) is 26.1. The van der Waals surface area contributed by atoms with Crippen molar-refractivity contribution in [1.82, 2.24) is 0 Å². The number of azo groups is 1. The lowest BCUT2D eigenvalue weighted by Gasteiger charge is -2.07. The van der Waals surface area contributed by atoms with Crippen LogP contribution in [0.2, 0.25) is 0 Å². The van der Waals surface area contributed by atoms with Crippen LogP contribution in [0.15, 0.2) is 89.1 Å². The average Bonchev–Trinajstić information content (AvgIpc) is 2.60. The van der Waals surface area contributed by atoms with Gasteiger partial charge in [-0.15, -0.1) is 5.11 Å². The van der Waals surface area contributed by atoms with Crippen molar-refractivity contribution >= 4 is 38.6 Å². The van der Waals surface area contributed by atoms with Gasteiger partial charge >= 0.3 is 0 Å². The van der Waals surface area contributed by atoms with E-state index in [0.29, 0.717) is 5.69 Å². The van der Waals surface area contributed by atoms with Crippen LogP contribution in [0, 0.1) is 0 Å². The van der Waals surface area contributed by atoms with Crippen molar-refractivity contribution in [3.05, 3.63) is 78.9 Å². The first-order valence-corrected chi connectivity index (χ1v) is 7.49. The highest BCUT2D eigenvalue weighted by Gasteiger charge is 2.06. The maximum absolute atomic E-state index is 6.14. The van der Waals surface area contributed by atoms with Gasteiger partial charge in [-0.3, -0.25) is 0 Å². The molecule has 0 aromatic heterocycles. The molecule has 0 unspecified atom stereocenters. The minimum absolute atomic E-state index is 0.632. The standard InChI is InChI=1S/C20H15N3/c21-19-11-10-16-12-14-6-4-5-7-15(14)13-18(16)20(19)23-22-17-8-2-1-3-9-17/h1-13H,21H2. The summed E-state index contributed by atoms with van der Waals surface area (Å²) in [5.74, 6) is 0. The second kappa shape index (κ2) is 5.54. The predicted octanol–water partition coefficient (Wildman–Crippen LogP) is 5.99. The Morgan fingerprint density at radius 1 is 0.609 bits per heavy atom. The molecule has 0 fully saturated rings. The molecule has 0 aliphatic rings. The third kappa shape index (κ3) is 2.53. The molecule has 0 amide bonds. The lowest BCUT2D eigenvalue weighted by Crippen LogP contribution is -1.86. The molecule has 23 heavy (non-hydrogen) atoms. The molecule has 0 saturated heterocycles. The van der Waals surface area contributed by atoms with E-state index in [-0.39, 0.29) is 0 Å². The first-order chi connectivity index (χ1) is 11.3. The van der Waals surface area contributed by atoms with Gasteiger partial charge in [0, 0.05) is 5.39 Å². The number of fused-ring (bicyclic) bond motifs is 2. The third-order valence-electron chi connectivity index (χ3n) is 3.91. The number of rotatable bonds is 2. The van der Waals surface area contributed by atoms with E-state index in [4.69, 9.17) is 5.73 Å². The van der Waals surface area contributed by atoms with Gasteiger partial charge in [-0.25, -0.2) is 0 Å². The molecule has 4 rings (SSSR count). The molecular weight excluding hydrogens is 282 g/mol. The van der Waals surface area contributed by atoms with E-state index >= 15 is 0 Å². The van der Waals surface area contributed by atoms with Crippen LogP contribution in [0.4, 0.5) is 17.1 Å². The molecule has 0 aliphatic heterocycles. The normalized spacial score (nSPS) is 11.5. The fourth-order valence-corrected chi connectivity index (χ4v) is 2.73. The van der Waals surface area contributed by atoms with Crippen LogP contribution in [0.1, 0.15) is 0 Å². The lowest BCUT2D eigenvalue weighted by atomic mass is 10.0. The first kappa shape index (κ1) is 13.5. The molecule has 3 heteroatoms. The number of nitrogens with zero attached hydrogens (tertiary/aromatic N) is 2. The van der Waals surface area contributed by atoms with E-state index in [9.17, 15) is 0 Å². The van der Waals surface area contributed by atoms with Gasteiger partial charge in [0.25, 0.3) is 0 Å². The topological polar surface area (TPSA) is 50.7 Å². The molecule has 3 nitrogen and oxygen atoms in total. The van der Waals surface area contributed by atoms with Gasteiger partial charge in [0.1, 0.15) is 5.69 Å². The van der Waals surface area contributed by atoms with Crippen LogP contribution in [0.3, 0.4) is 0 Å². The van der Waals surface area contributed by atoms with Crippen molar-refractivity contribution < 1.29 is 0 Å². The number of hydrogen-bond donors (Lipinski definition) is 1. The number of anilines is 1. The van der Waals surface area contributed by atoms with E-state index in [1.54, 1.807) is 0 Å². The number of nitrogen functional groups attached to an aromatic ring is 1. The number of nitrogens with two attached hydrogens (primary N) is 1. The van der Waals surface area contributed by atoms with Crippen molar-refractivity contribution in [2.45, 2.75) is 0 Å². The highest BCUT2D eigenvalue weighted by molar-refractivity contribution is 6.05. The molecule has 110 valence electrons. The summed E-state index contributed by atoms with van der Waals surface area (Å²) in [4.78, 5) is 0. The van der Waals surface area contributed by atoms with Gasteiger partial charge in [0.2, 0.25) is 0 Å². The predicted molar refractivity (Wildman–Crippen MR) is 96.5 cm³/mol. The SMILES string of the molecule is Nc1ccc2cc3ccccc3cc2c1N=Nc1ccccc1. The Morgan fingerprint density at radius 3 is 2.09 bits per heavy atom. The fourth-order valence-electron chi connectivity index (χ4n) is 2.73. The maximum Gasteiger partial charge on any atom is 0.116 e. The molecular formula is C20H15N3. The second-order valence-electron chi connectivity index (χ2n) is 5.46. The van der Waals surface area contributed by atoms with Crippen molar-refractivity contribution in [3.8, 4) is 0 Å². The van der Waals surface area contributed by atoms with E-state index in [1.165, 1.54) is 10.8 Å². The monoisotopic (exact) mass is 297 g/mol.